The van der Waals surface area contributed by atoms with Gasteiger partial charge in [0.15, 0.2) is 0 Å². The molecular formula is C14H12F3NO2S. The van der Waals surface area contributed by atoms with Crippen molar-refractivity contribution in [3.63, 3.8) is 0 Å². The van der Waals surface area contributed by atoms with E-state index in [4.69, 9.17) is 4.74 Å². The maximum absolute atomic E-state index is 13.0. The molecule has 1 atom stereocenters. The van der Waals surface area contributed by atoms with Crippen LogP contribution in [0.4, 0.5) is 13.2 Å². The third kappa shape index (κ3) is 2.29. The quantitative estimate of drug-likeness (QED) is 0.871. The molecule has 1 unspecified atom stereocenters. The fourth-order valence-electron chi connectivity index (χ4n) is 2.20. The highest BCUT2D eigenvalue weighted by molar-refractivity contribution is 7.86. The van der Waals surface area contributed by atoms with Crippen LogP contribution in [0, 0.1) is 0 Å². The van der Waals surface area contributed by atoms with Gasteiger partial charge in [0, 0.05) is 5.39 Å². The topological polar surface area (TPSA) is 39.2 Å². The van der Waals surface area contributed by atoms with E-state index in [9.17, 15) is 17.4 Å². The number of nitrogens with zero attached hydrogens (tertiary/aromatic N) is 1. The van der Waals surface area contributed by atoms with Crippen molar-refractivity contribution in [2.75, 3.05) is 7.11 Å². The number of hydrogen-bond donors (Lipinski definition) is 0. The first kappa shape index (κ1) is 14.3. The molecule has 0 radical (unpaired) electrons. The molecule has 112 valence electrons. The van der Waals surface area contributed by atoms with Gasteiger partial charge in [0.2, 0.25) is 0 Å². The zero-order valence-corrected chi connectivity index (χ0v) is 11.9. The fourth-order valence-corrected chi connectivity index (χ4v) is 3.66. The maximum Gasteiger partial charge on any atom is 0.406 e. The number of aromatic nitrogens is 1. The Balaban J connectivity index is 2.00. The van der Waals surface area contributed by atoms with Crippen molar-refractivity contribution in [3.05, 3.63) is 30.3 Å². The van der Waals surface area contributed by atoms with Gasteiger partial charge in [-0.15, -0.1) is 0 Å². The van der Waals surface area contributed by atoms with Crippen molar-refractivity contribution in [2.24, 2.45) is 0 Å². The second-order valence-corrected chi connectivity index (χ2v) is 6.71. The van der Waals surface area contributed by atoms with Crippen molar-refractivity contribution in [3.8, 4) is 5.75 Å². The molecule has 1 fully saturated rings. The Morgan fingerprint density at radius 1 is 1.24 bits per heavy atom. The monoisotopic (exact) mass is 315 g/mol. The normalized spacial score (nSPS) is 18.5. The summed E-state index contributed by atoms with van der Waals surface area (Å²) in [7, 11) is -0.657. The molecule has 3 nitrogen and oxygen atoms in total. The van der Waals surface area contributed by atoms with Crippen LogP contribution in [0.3, 0.4) is 0 Å². The van der Waals surface area contributed by atoms with E-state index in [1.165, 1.54) is 13.2 Å². The minimum absolute atomic E-state index is 0.0255. The molecule has 1 aromatic carbocycles. The number of benzene rings is 1. The molecular weight excluding hydrogens is 303 g/mol. The summed E-state index contributed by atoms with van der Waals surface area (Å²) >= 11 is 0. The summed E-state index contributed by atoms with van der Waals surface area (Å²) in [5.41, 5.74) is 0.500. The predicted molar refractivity (Wildman–Crippen MR) is 72.7 cm³/mol. The molecule has 0 aliphatic heterocycles. The average Bonchev–Trinajstić information content (AvgIpc) is 3.26. The van der Waals surface area contributed by atoms with E-state index in [1.54, 1.807) is 24.3 Å². The van der Waals surface area contributed by atoms with Gasteiger partial charge in [0.25, 0.3) is 0 Å². The first-order valence-electron chi connectivity index (χ1n) is 6.31. The zero-order valence-electron chi connectivity index (χ0n) is 11.1. The van der Waals surface area contributed by atoms with Gasteiger partial charge in [-0.3, -0.25) is 4.21 Å². The summed E-state index contributed by atoms with van der Waals surface area (Å²) in [4.78, 5) is 4.11. The highest BCUT2D eigenvalue weighted by Crippen LogP contribution is 2.55. The van der Waals surface area contributed by atoms with Crippen LogP contribution in [0.15, 0.2) is 35.4 Å². The molecule has 0 N–H and O–H groups in total. The Morgan fingerprint density at radius 3 is 2.52 bits per heavy atom. The van der Waals surface area contributed by atoms with Gasteiger partial charge < -0.3 is 4.74 Å². The molecule has 1 aliphatic rings. The lowest BCUT2D eigenvalue weighted by Crippen LogP contribution is -2.35. The minimum Gasteiger partial charge on any atom is -0.497 e. The Kier molecular flexibility index (Phi) is 3.20. The van der Waals surface area contributed by atoms with Gasteiger partial charge in [-0.25, -0.2) is 4.98 Å². The van der Waals surface area contributed by atoms with E-state index in [-0.39, 0.29) is 17.9 Å². The molecule has 21 heavy (non-hydrogen) atoms. The summed E-state index contributed by atoms with van der Waals surface area (Å²) in [6.45, 7) is 0. The second-order valence-electron chi connectivity index (χ2n) is 4.97. The second kappa shape index (κ2) is 4.69. The van der Waals surface area contributed by atoms with E-state index in [2.05, 4.69) is 4.98 Å². The molecule has 0 saturated heterocycles. The van der Waals surface area contributed by atoms with E-state index in [0.717, 1.165) is 5.39 Å². The summed E-state index contributed by atoms with van der Waals surface area (Å²) in [5.74, 6) is 0.632. The van der Waals surface area contributed by atoms with Crippen LogP contribution in [0.2, 0.25) is 0 Å². The van der Waals surface area contributed by atoms with Crippen LogP contribution in [-0.4, -0.2) is 27.2 Å². The molecule has 2 aromatic rings. The molecule has 0 amide bonds. The Hall–Kier alpha value is -1.63. The average molecular weight is 315 g/mol. The Bertz CT molecular complexity index is 726. The zero-order chi connectivity index (χ0) is 15.3. The highest BCUT2D eigenvalue weighted by Gasteiger charge is 2.68. The van der Waals surface area contributed by atoms with Crippen molar-refractivity contribution in [1.29, 1.82) is 0 Å². The van der Waals surface area contributed by atoms with Crippen LogP contribution < -0.4 is 4.74 Å². The SMILES string of the molecule is COc1ccc2nc(S(=O)C3(C(F)(F)F)CC3)ccc2c1. The summed E-state index contributed by atoms with van der Waals surface area (Å²) in [6, 6.07) is 8.04. The molecule has 1 saturated carbocycles. The Labute approximate surface area is 121 Å². The van der Waals surface area contributed by atoms with E-state index >= 15 is 0 Å². The van der Waals surface area contributed by atoms with Crippen molar-refractivity contribution >= 4 is 21.7 Å². The molecule has 1 heterocycles. The van der Waals surface area contributed by atoms with Crippen molar-refractivity contribution in [2.45, 2.75) is 28.8 Å². The molecule has 0 bridgehead atoms. The lowest BCUT2D eigenvalue weighted by atomic mass is 10.2. The van der Waals surface area contributed by atoms with E-state index in [1.807, 2.05) is 0 Å². The van der Waals surface area contributed by atoms with Crippen LogP contribution in [0.1, 0.15) is 12.8 Å². The highest BCUT2D eigenvalue weighted by atomic mass is 32.2. The first-order valence-corrected chi connectivity index (χ1v) is 7.46. The third-order valence-electron chi connectivity index (χ3n) is 3.64. The van der Waals surface area contributed by atoms with Crippen molar-refractivity contribution in [1.82, 2.24) is 4.98 Å². The molecule has 1 aliphatic carbocycles. The van der Waals surface area contributed by atoms with E-state index in [0.29, 0.717) is 11.3 Å². The summed E-state index contributed by atoms with van der Waals surface area (Å²) in [6.07, 6.45) is -4.68. The van der Waals surface area contributed by atoms with Crippen LogP contribution in [0.25, 0.3) is 10.9 Å². The number of alkyl halides is 3. The van der Waals surface area contributed by atoms with Gasteiger partial charge in [-0.1, -0.05) is 0 Å². The number of methoxy groups -OCH3 is 1. The number of rotatable bonds is 3. The summed E-state index contributed by atoms with van der Waals surface area (Å²) in [5, 5.41) is 0.703. The minimum atomic E-state index is -4.46. The number of ether oxygens (including phenoxy) is 1. The van der Waals surface area contributed by atoms with Crippen LogP contribution in [0.5, 0.6) is 5.75 Å². The largest absolute Gasteiger partial charge is 0.497 e. The number of hydrogen-bond acceptors (Lipinski definition) is 3. The van der Waals surface area contributed by atoms with Crippen LogP contribution in [-0.2, 0) is 10.8 Å². The molecule has 0 spiro atoms. The van der Waals surface area contributed by atoms with Crippen molar-refractivity contribution < 1.29 is 22.1 Å². The standard InChI is InChI=1S/C14H12F3NO2S/c1-20-10-3-4-11-9(8-10)2-5-12(18-11)21(19)13(6-7-13)14(15,16)17/h2-5,8H,6-7H2,1H3. The molecule has 1 aromatic heterocycles. The maximum atomic E-state index is 13.0. The lowest BCUT2D eigenvalue weighted by molar-refractivity contribution is -0.136. The van der Waals surface area contributed by atoms with E-state index < -0.39 is 21.7 Å². The molecule has 7 heteroatoms. The first-order chi connectivity index (χ1) is 9.87. The number of halogens is 3. The number of fused-ring (bicyclic) bond motifs is 1. The third-order valence-corrected chi connectivity index (χ3v) is 5.59. The van der Waals surface area contributed by atoms with Gasteiger partial charge >= 0.3 is 6.18 Å². The predicted octanol–water partition coefficient (Wildman–Crippen LogP) is 3.45. The van der Waals surface area contributed by atoms with Gasteiger partial charge in [-0.2, -0.15) is 13.2 Å². The lowest BCUT2D eigenvalue weighted by Gasteiger charge is -2.18. The van der Waals surface area contributed by atoms with Gasteiger partial charge in [0.05, 0.1) is 23.4 Å². The number of pyridine rings is 1. The summed E-state index contributed by atoms with van der Waals surface area (Å²) < 4.78 is 54.2. The van der Waals surface area contributed by atoms with Gasteiger partial charge in [-0.05, 0) is 43.2 Å². The molecule has 3 rings (SSSR count). The van der Waals surface area contributed by atoms with Gasteiger partial charge in [0.1, 0.15) is 15.5 Å². The fraction of sp³-hybridized carbons (Fsp3) is 0.357. The van der Waals surface area contributed by atoms with Crippen LogP contribution >= 0.6 is 0 Å². The smallest absolute Gasteiger partial charge is 0.406 e. The Morgan fingerprint density at radius 2 is 1.95 bits per heavy atom.